The number of carbonyl (C=O) groups is 2. The Bertz CT molecular complexity index is 1230. The van der Waals surface area contributed by atoms with Gasteiger partial charge in [0.2, 0.25) is 0 Å². The van der Waals surface area contributed by atoms with Gasteiger partial charge in [-0.3, -0.25) is 0 Å². The van der Waals surface area contributed by atoms with Crippen LogP contribution in [0.3, 0.4) is 0 Å². The molecule has 4 nitrogen and oxygen atoms in total. The Morgan fingerprint density at radius 3 is 1.11 bits per heavy atom. The summed E-state index contributed by atoms with van der Waals surface area (Å²) in [6.07, 6.45) is 9.15. The quantitative estimate of drug-likeness (QED) is 0.178. The normalized spacial score (nSPS) is 11.4. The molecule has 0 saturated carbocycles. The first kappa shape index (κ1) is 29.7. The van der Waals surface area contributed by atoms with Crippen molar-refractivity contribution in [1.82, 2.24) is 0 Å². The lowest BCUT2D eigenvalue weighted by Gasteiger charge is -2.24. The van der Waals surface area contributed by atoms with Crippen LogP contribution in [-0.2, 0) is 48.0 Å². The number of methoxy groups -OCH3 is 2. The number of esters is 2. The SMILES string of the molecule is CCCCc1c(C(=O)OC)c(C(=O)OC)c(CCCC)c2cc3c(CC)c(CC)c(CC)c(CC)c3cc12. The summed E-state index contributed by atoms with van der Waals surface area (Å²) in [5.74, 6) is -0.923. The van der Waals surface area contributed by atoms with Crippen LogP contribution in [0.2, 0.25) is 0 Å². The van der Waals surface area contributed by atoms with Gasteiger partial charge in [-0.05, 0) is 118 Å². The Labute approximate surface area is 229 Å². The maximum Gasteiger partial charge on any atom is 0.339 e. The average molecular weight is 519 g/mol. The number of hydrogen-bond acceptors (Lipinski definition) is 4. The maximum atomic E-state index is 13.3. The van der Waals surface area contributed by atoms with E-state index in [1.165, 1.54) is 47.2 Å². The van der Waals surface area contributed by atoms with Gasteiger partial charge >= 0.3 is 11.9 Å². The molecule has 3 rings (SSSR count). The van der Waals surface area contributed by atoms with Gasteiger partial charge in [0.1, 0.15) is 0 Å². The number of fused-ring (bicyclic) bond motifs is 2. The van der Waals surface area contributed by atoms with Gasteiger partial charge in [-0.1, -0.05) is 54.4 Å². The predicted molar refractivity (Wildman–Crippen MR) is 159 cm³/mol. The molecule has 0 atom stereocenters. The van der Waals surface area contributed by atoms with E-state index in [4.69, 9.17) is 9.47 Å². The monoisotopic (exact) mass is 518 g/mol. The van der Waals surface area contributed by atoms with Gasteiger partial charge in [0.15, 0.2) is 0 Å². The Morgan fingerprint density at radius 1 is 0.526 bits per heavy atom. The first-order valence-corrected chi connectivity index (χ1v) is 14.7. The highest BCUT2D eigenvalue weighted by Gasteiger charge is 2.30. The van der Waals surface area contributed by atoms with Gasteiger partial charge in [-0.2, -0.15) is 0 Å². The van der Waals surface area contributed by atoms with Crippen LogP contribution in [0, 0.1) is 0 Å². The molecule has 0 spiro atoms. The number of rotatable bonds is 12. The molecule has 0 unspecified atom stereocenters. The van der Waals surface area contributed by atoms with Crippen LogP contribution in [0.15, 0.2) is 12.1 Å². The molecule has 0 aliphatic rings. The van der Waals surface area contributed by atoms with Crippen molar-refractivity contribution in [2.24, 2.45) is 0 Å². The van der Waals surface area contributed by atoms with Gasteiger partial charge in [-0.15, -0.1) is 0 Å². The Hall–Kier alpha value is -2.88. The second kappa shape index (κ2) is 13.3. The molecular formula is C34H46O4. The summed E-state index contributed by atoms with van der Waals surface area (Å²) in [7, 11) is 2.79. The van der Waals surface area contributed by atoms with Gasteiger partial charge < -0.3 is 9.47 Å². The Morgan fingerprint density at radius 2 is 0.842 bits per heavy atom. The maximum absolute atomic E-state index is 13.3. The molecular weight excluding hydrogens is 472 g/mol. The molecule has 0 N–H and O–H groups in total. The lowest BCUT2D eigenvalue weighted by Crippen LogP contribution is -2.19. The zero-order chi connectivity index (χ0) is 28.0. The zero-order valence-corrected chi connectivity index (χ0v) is 24.9. The summed E-state index contributed by atoms with van der Waals surface area (Å²) in [4.78, 5) is 26.7. The van der Waals surface area contributed by atoms with E-state index in [1.807, 2.05) is 0 Å². The lowest BCUT2D eigenvalue weighted by atomic mass is 9.80. The van der Waals surface area contributed by atoms with Crippen LogP contribution in [-0.4, -0.2) is 26.2 Å². The molecule has 206 valence electrons. The van der Waals surface area contributed by atoms with Crippen LogP contribution in [0.4, 0.5) is 0 Å². The van der Waals surface area contributed by atoms with Crippen molar-refractivity contribution in [1.29, 1.82) is 0 Å². The van der Waals surface area contributed by atoms with E-state index in [2.05, 4.69) is 53.7 Å². The third kappa shape index (κ3) is 5.19. The molecule has 38 heavy (non-hydrogen) atoms. The highest BCUT2D eigenvalue weighted by atomic mass is 16.5. The standard InChI is InChI=1S/C34H46O4/c1-9-15-17-25-29-19-27-23(13-5)21(11-3)22(12-4)24(14-6)28(27)20-30(29)26(18-16-10-2)32(34(36)38-8)31(25)33(35)37-7/h19-20H,9-18H2,1-8H3. The van der Waals surface area contributed by atoms with Crippen LogP contribution in [0.5, 0.6) is 0 Å². The first-order valence-electron chi connectivity index (χ1n) is 14.7. The second-order valence-corrected chi connectivity index (χ2v) is 10.2. The van der Waals surface area contributed by atoms with Crippen LogP contribution in [0.1, 0.15) is 121 Å². The highest BCUT2D eigenvalue weighted by molar-refractivity contribution is 6.14. The zero-order valence-electron chi connectivity index (χ0n) is 24.9. The molecule has 0 heterocycles. The number of aryl methyl sites for hydroxylation is 4. The van der Waals surface area contributed by atoms with Crippen molar-refractivity contribution in [2.75, 3.05) is 14.2 Å². The van der Waals surface area contributed by atoms with E-state index in [9.17, 15) is 9.59 Å². The third-order valence-electron chi connectivity index (χ3n) is 8.16. The number of benzene rings is 3. The number of hydrogen-bond donors (Lipinski definition) is 0. The Kier molecular flexibility index (Phi) is 10.4. The molecule has 0 aliphatic heterocycles. The molecule has 0 amide bonds. The minimum Gasteiger partial charge on any atom is -0.465 e. The lowest BCUT2D eigenvalue weighted by molar-refractivity contribution is 0.0553. The van der Waals surface area contributed by atoms with E-state index in [-0.39, 0.29) is 0 Å². The van der Waals surface area contributed by atoms with Crippen molar-refractivity contribution in [2.45, 2.75) is 106 Å². The molecule has 0 saturated heterocycles. The van der Waals surface area contributed by atoms with E-state index in [0.717, 1.165) is 73.3 Å². The topological polar surface area (TPSA) is 52.6 Å². The van der Waals surface area contributed by atoms with Crippen molar-refractivity contribution in [3.8, 4) is 0 Å². The molecule has 0 aromatic heterocycles. The smallest absolute Gasteiger partial charge is 0.339 e. The predicted octanol–water partition coefficient (Wildman–Crippen LogP) is 8.50. The fourth-order valence-electron chi connectivity index (χ4n) is 6.40. The molecule has 3 aromatic rings. The second-order valence-electron chi connectivity index (χ2n) is 10.2. The third-order valence-corrected chi connectivity index (χ3v) is 8.16. The van der Waals surface area contributed by atoms with E-state index < -0.39 is 11.9 Å². The van der Waals surface area contributed by atoms with E-state index >= 15 is 0 Å². The number of ether oxygens (including phenoxy) is 2. The summed E-state index contributed by atoms with van der Waals surface area (Å²) < 4.78 is 10.6. The van der Waals surface area contributed by atoms with E-state index in [0.29, 0.717) is 24.0 Å². The summed E-state index contributed by atoms with van der Waals surface area (Å²) >= 11 is 0. The summed E-state index contributed by atoms with van der Waals surface area (Å²) in [6, 6.07) is 4.66. The highest BCUT2D eigenvalue weighted by Crippen LogP contribution is 2.40. The average Bonchev–Trinajstić information content (AvgIpc) is 2.95. The van der Waals surface area contributed by atoms with Crippen molar-refractivity contribution in [3.63, 3.8) is 0 Å². The molecule has 0 radical (unpaired) electrons. The summed E-state index contributed by atoms with van der Waals surface area (Å²) in [5, 5.41) is 4.72. The van der Waals surface area contributed by atoms with Gasteiger partial charge in [0.05, 0.1) is 25.3 Å². The van der Waals surface area contributed by atoms with Gasteiger partial charge in [0, 0.05) is 0 Å². The van der Waals surface area contributed by atoms with Crippen LogP contribution in [0.25, 0.3) is 21.5 Å². The largest absolute Gasteiger partial charge is 0.465 e. The van der Waals surface area contributed by atoms with E-state index in [1.54, 1.807) is 0 Å². The molecule has 3 aromatic carbocycles. The first-order chi connectivity index (χ1) is 18.4. The van der Waals surface area contributed by atoms with Gasteiger partial charge in [-0.25, -0.2) is 9.59 Å². The molecule has 0 aliphatic carbocycles. The number of carbonyl (C=O) groups excluding carboxylic acids is 2. The summed E-state index contributed by atoms with van der Waals surface area (Å²) in [5.41, 5.74) is 8.36. The Balaban J connectivity index is 2.71. The molecule has 4 heteroatoms. The van der Waals surface area contributed by atoms with Crippen molar-refractivity contribution < 1.29 is 19.1 Å². The van der Waals surface area contributed by atoms with Crippen molar-refractivity contribution in [3.05, 3.63) is 56.6 Å². The van der Waals surface area contributed by atoms with Gasteiger partial charge in [0.25, 0.3) is 0 Å². The summed E-state index contributed by atoms with van der Waals surface area (Å²) in [6.45, 7) is 13.3. The fourth-order valence-corrected chi connectivity index (χ4v) is 6.40. The number of unbranched alkanes of at least 4 members (excludes halogenated alkanes) is 2. The molecule has 0 fully saturated rings. The van der Waals surface area contributed by atoms with Crippen molar-refractivity contribution >= 4 is 33.5 Å². The molecule has 0 bridgehead atoms. The fraction of sp³-hybridized carbons (Fsp3) is 0.529. The van der Waals surface area contributed by atoms with Crippen LogP contribution >= 0.6 is 0 Å². The minimum absolute atomic E-state index is 0.389. The van der Waals surface area contributed by atoms with Crippen LogP contribution < -0.4 is 0 Å². The minimum atomic E-state index is -0.461.